The number of nitrogens with zero attached hydrogens (tertiary/aromatic N) is 18. The SMILES string of the molecule is [N-]=[N+]=NC[C@@H]1O[C@H](O[C@H]2[C@@H](OCc3ccccc3)[C@H](O[C@@H]3[C@@H](OCc4ccccc4)[C@H](N=[N+]=[N-])C[C@H](N=[N+]=[N-])[C@H]3O[C@H]3O[C@H](CN=[N+]=[N-])[C@@H](OCc4ccccc4)[C@H](OCc4ccccc4)[C@H]3N=[N+]=[N-])O[C@@H]2COCc2ccccc2)[C@H](N=[N+]=[N-])[C@@H](OCc2ccccc2)[C@@H]1OCc1ccccc1. The highest BCUT2D eigenvalue weighted by Gasteiger charge is 2.58. The van der Waals surface area contributed by atoms with Crippen molar-refractivity contribution in [2.24, 2.45) is 30.7 Å². The first-order valence-corrected chi connectivity index (χ1v) is 33.5. The summed E-state index contributed by atoms with van der Waals surface area (Å²) in [5.41, 5.74) is 67.2. The number of azide groups is 6. The van der Waals surface area contributed by atoms with Gasteiger partial charge in [0, 0.05) is 29.5 Å². The first-order valence-electron chi connectivity index (χ1n) is 33.5. The molecule has 1 saturated carbocycles. The molecule has 3 saturated heterocycles. The van der Waals surface area contributed by atoms with Gasteiger partial charge in [-0.2, -0.15) is 0 Å². The van der Waals surface area contributed by atoms with Crippen LogP contribution in [0.4, 0.5) is 0 Å². The summed E-state index contributed by atoms with van der Waals surface area (Å²) in [4.78, 5) is 19.3. The Bertz CT molecular complexity index is 4040. The van der Waals surface area contributed by atoms with Crippen LogP contribution in [0.15, 0.2) is 243 Å². The first-order chi connectivity index (χ1) is 50.8. The number of benzene rings is 7. The van der Waals surface area contributed by atoms with Crippen LogP contribution in [0.5, 0.6) is 0 Å². The fraction of sp³-hybridized carbons (Fsp3) is 0.417. The Morgan fingerprint density at radius 1 is 0.291 bits per heavy atom. The van der Waals surface area contributed by atoms with Crippen molar-refractivity contribution in [1.29, 1.82) is 0 Å². The molecule has 31 nitrogen and oxygen atoms in total. The normalized spacial score (nSPS) is 27.9. The van der Waals surface area contributed by atoms with E-state index in [2.05, 4.69) is 60.2 Å². The van der Waals surface area contributed by atoms with Crippen LogP contribution in [0.25, 0.3) is 62.7 Å². The van der Waals surface area contributed by atoms with Crippen molar-refractivity contribution in [3.05, 3.63) is 314 Å². The van der Waals surface area contributed by atoms with Crippen molar-refractivity contribution >= 4 is 0 Å². The Labute approximate surface area is 592 Å². The molecular formula is C72H76N18O13. The predicted molar refractivity (Wildman–Crippen MR) is 371 cm³/mol. The third-order valence-electron chi connectivity index (χ3n) is 17.8. The van der Waals surface area contributed by atoms with Crippen LogP contribution < -0.4 is 0 Å². The van der Waals surface area contributed by atoms with Crippen molar-refractivity contribution < 1.29 is 61.6 Å². The van der Waals surface area contributed by atoms with E-state index in [0.29, 0.717) is 11.1 Å². The van der Waals surface area contributed by atoms with Crippen molar-refractivity contribution in [3.63, 3.8) is 0 Å². The van der Waals surface area contributed by atoms with Crippen molar-refractivity contribution in [2.45, 2.75) is 169 Å². The lowest BCUT2D eigenvalue weighted by Gasteiger charge is -2.49. The Morgan fingerprint density at radius 3 is 0.951 bits per heavy atom. The quantitative estimate of drug-likeness (QED) is 0.0200. The molecule has 0 unspecified atom stereocenters. The molecule has 532 valence electrons. The molecule has 4 aliphatic rings. The zero-order valence-electron chi connectivity index (χ0n) is 55.8. The van der Waals surface area contributed by atoms with Gasteiger partial charge in [0.15, 0.2) is 18.9 Å². The Hall–Kier alpha value is -10.1. The Morgan fingerprint density at radius 2 is 0.592 bits per heavy atom. The van der Waals surface area contributed by atoms with Gasteiger partial charge in [0.05, 0.1) is 102 Å². The highest BCUT2D eigenvalue weighted by atomic mass is 16.8. The molecule has 0 bridgehead atoms. The minimum Gasteiger partial charge on any atom is -0.374 e. The van der Waals surface area contributed by atoms with Gasteiger partial charge in [-0.3, -0.25) is 0 Å². The molecule has 7 aromatic carbocycles. The third-order valence-corrected chi connectivity index (χ3v) is 17.8. The van der Waals surface area contributed by atoms with Gasteiger partial charge in [-0.15, -0.1) is 0 Å². The summed E-state index contributed by atoms with van der Waals surface area (Å²) in [5, 5.41) is 25.1. The van der Waals surface area contributed by atoms with Gasteiger partial charge in [0.25, 0.3) is 0 Å². The van der Waals surface area contributed by atoms with Gasteiger partial charge in [-0.1, -0.05) is 243 Å². The summed E-state index contributed by atoms with van der Waals surface area (Å²) in [7, 11) is 0. The van der Waals surface area contributed by atoms with Crippen LogP contribution in [0.1, 0.15) is 45.4 Å². The topological polar surface area (TPSA) is 413 Å². The van der Waals surface area contributed by atoms with Crippen LogP contribution in [-0.2, 0) is 108 Å². The molecule has 0 radical (unpaired) electrons. The Kier molecular flexibility index (Phi) is 28.3. The molecule has 19 atom stereocenters. The molecule has 103 heavy (non-hydrogen) atoms. The summed E-state index contributed by atoms with van der Waals surface area (Å²) in [5.74, 6) is 0. The number of hydrogen-bond donors (Lipinski definition) is 0. The van der Waals surface area contributed by atoms with Gasteiger partial charge in [-0.05, 0) is 78.6 Å². The predicted octanol–water partition coefficient (Wildman–Crippen LogP) is 14.8. The van der Waals surface area contributed by atoms with Crippen molar-refractivity contribution in [2.75, 3.05) is 19.7 Å². The van der Waals surface area contributed by atoms with E-state index in [9.17, 15) is 33.2 Å². The molecule has 11 rings (SSSR count). The summed E-state index contributed by atoms with van der Waals surface area (Å²) >= 11 is 0. The maximum absolute atomic E-state index is 10.6. The second kappa shape index (κ2) is 39.3. The monoisotopic (exact) mass is 1400 g/mol. The molecule has 4 fully saturated rings. The average Bonchev–Trinajstić information content (AvgIpc) is 1.76. The maximum Gasteiger partial charge on any atom is 0.187 e. The van der Waals surface area contributed by atoms with E-state index < -0.39 is 116 Å². The Balaban J connectivity index is 1.02. The van der Waals surface area contributed by atoms with Gasteiger partial charge in [0.1, 0.15) is 60.9 Å². The van der Waals surface area contributed by atoms with Gasteiger partial charge in [0.2, 0.25) is 0 Å². The lowest BCUT2D eigenvalue weighted by atomic mass is 9.83. The molecule has 3 heterocycles. The first kappa shape index (κ1) is 74.1. The highest BCUT2D eigenvalue weighted by molar-refractivity contribution is 5.20. The standard InChI is InChI=1S/C72H76N18O13/c73-85-79-37-56-63(93-41-49-26-12-3-13-27-49)66(95-43-51-30-16-5-17-31-51)59(83-89-77)70(98-56)101-62-55(82-88-76)36-54(81-87-75)61(92-40-48-24-10-2-11-25-48)68(62)103-72-69(97-45-53-34-20-7-21-35-53)65(58(100-72)46-91-39-47-22-8-1-9-23-47)102-71-60(84-90-78)67(96-44-52-32-18-6-19-33-52)64(57(99-71)38-80-86-74)94-42-50-28-14-4-15-29-50/h1-35,54-72H,36-46H2/t54-,55+,56-,57+,58-,59-,60-,61+,62-,63-,64-,65-,66-,67-,68-,69-,70-,71-,72+/m1/s1. The van der Waals surface area contributed by atoms with E-state index in [1.807, 2.05) is 212 Å². The summed E-state index contributed by atoms with van der Waals surface area (Å²) in [6.45, 7) is -0.853. The summed E-state index contributed by atoms with van der Waals surface area (Å²) < 4.78 is 90.2. The average molecular weight is 1400 g/mol. The van der Waals surface area contributed by atoms with E-state index in [4.69, 9.17) is 61.6 Å². The molecule has 0 aromatic heterocycles. The highest BCUT2D eigenvalue weighted by Crippen LogP contribution is 2.42. The molecule has 0 amide bonds. The maximum atomic E-state index is 10.6. The molecule has 3 aliphatic heterocycles. The molecule has 1 aliphatic carbocycles. The fourth-order valence-corrected chi connectivity index (χ4v) is 12.9. The largest absolute Gasteiger partial charge is 0.374 e. The van der Waals surface area contributed by atoms with E-state index >= 15 is 0 Å². The zero-order valence-corrected chi connectivity index (χ0v) is 55.8. The van der Waals surface area contributed by atoms with Crippen LogP contribution in [0.2, 0.25) is 0 Å². The van der Waals surface area contributed by atoms with Crippen molar-refractivity contribution in [1.82, 2.24) is 0 Å². The van der Waals surface area contributed by atoms with Gasteiger partial charge in [-0.25, -0.2) is 0 Å². The number of ether oxygens (including phenoxy) is 13. The molecule has 31 heteroatoms. The minimum absolute atomic E-state index is 0.0100. The van der Waals surface area contributed by atoms with E-state index in [-0.39, 0.29) is 72.4 Å². The molecular weight excluding hydrogens is 1320 g/mol. The summed E-state index contributed by atoms with van der Waals surface area (Å²) in [6, 6.07) is 59.9. The minimum atomic E-state index is -1.65. The molecule has 0 N–H and O–H groups in total. The fourth-order valence-electron chi connectivity index (χ4n) is 12.9. The number of rotatable bonds is 36. The van der Waals surface area contributed by atoms with E-state index in [1.54, 1.807) is 0 Å². The van der Waals surface area contributed by atoms with Crippen LogP contribution in [0.3, 0.4) is 0 Å². The third kappa shape index (κ3) is 20.6. The summed E-state index contributed by atoms with van der Waals surface area (Å²) in [6.07, 6.45) is -19.9. The zero-order chi connectivity index (χ0) is 71.2. The molecule has 0 spiro atoms. The van der Waals surface area contributed by atoms with Crippen LogP contribution in [-0.4, -0.2) is 136 Å². The second-order valence-corrected chi connectivity index (χ2v) is 24.5. The van der Waals surface area contributed by atoms with E-state index in [1.165, 1.54) is 0 Å². The van der Waals surface area contributed by atoms with Gasteiger partial charge < -0.3 is 61.6 Å². The molecule has 7 aromatic rings. The number of hydrogen-bond acceptors (Lipinski definition) is 19. The van der Waals surface area contributed by atoms with Crippen molar-refractivity contribution in [3.8, 4) is 0 Å². The smallest absolute Gasteiger partial charge is 0.187 e. The second-order valence-electron chi connectivity index (χ2n) is 24.5. The lowest BCUT2D eigenvalue weighted by molar-refractivity contribution is -0.318. The van der Waals surface area contributed by atoms with E-state index in [0.717, 1.165) is 27.8 Å². The van der Waals surface area contributed by atoms with Crippen LogP contribution >= 0.6 is 0 Å². The van der Waals surface area contributed by atoms with Crippen LogP contribution in [0, 0.1) is 0 Å². The lowest BCUT2D eigenvalue weighted by Crippen LogP contribution is -2.64. The van der Waals surface area contributed by atoms with Gasteiger partial charge >= 0.3 is 0 Å².